The van der Waals surface area contributed by atoms with E-state index in [9.17, 15) is 31.5 Å². The molecule has 1 unspecified atom stereocenters. The average Bonchev–Trinajstić information content (AvgIpc) is 3.59. The van der Waals surface area contributed by atoms with Crippen LogP contribution in [0.4, 0.5) is 38.1 Å². The van der Waals surface area contributed by atoms with Gasteiger partial charge >= 0.3 is 12.2 Å². The zero-order valence-electron chi connectivity index (χ0n) is 20.2. The lowest BCUT2D eigenvalue weighted by molar-refractivity contribution is -0.137. The second-order valence-corrected chi connectivity index (χ2v) is 9.74. The first-order valence-electron chi connectivity index (χ1n) is 11.9. The molecule has 13 heteroatoms. The van der Waals surface area contributed by atoms with Crippen LogP contribution < -0.4 is 15.5 Å². The molecule has 7 nitrogen and oxygen atoms in total. The molecule has 4 aromatic rings. The third-order valence-electron chi connectivity index (χ3n) is 6.92. The predicted octanol–water partition coefficient (Wildman–Crippen LogP) is 6.45. The Bertz CT molecular complexity index is 1690. The van der Waals surface area contributed by atoms with Crippen LogP contribution in [0.2, 0.25) is 5.02 Å². The molecule has 3 aromatic carbocycles. The van der Waals surface area contributed by atoms with Crippen LogP contribution in [0.3, 0.4) is 0 Å². The number of hydrogen-bond acceptors (Lipinski definition) is 3. The maximum Gasteiger partial charge on any atom is 0.416 e. The number of nitrogens with zero attached hydrogens (tertiary/aromatic N) is 2. The highest BCUT2D eigenvalue weighted by Crippen LogP contribution is 2.49. The Balaban J connectivity index is 1.55. The van der Waals surface area contributed by atoms with Crippen molar-refractivity contribution >= 4 is 34.9 Å². The van der Waals surface area contributed by atoms with Crippen molar-refractivity contribution in [3.05, 3.63) is 99.3 Å². The lowest BCUT2D eigenvalue weighted by Gasteiger charge is -2.35. The van der Waals surface area contributed by atoms with E-state index in [1.807, 2.05) is 0 Å². The van der Waals surface area contributed by atoms with E-state index in [4.69, 9.17) is 11.6 Å². The van der Waals surface area contributed by atoms with Gasteiger partial charge in [-0.05, 0) is 60.0 Å². The number of H-pyrrole nitrogens is 1. The molecule has 0 spiro atoms. The Morgan fingerprint density at radius 2 is 1.90 bits per heavy atom. The van der Waals surface area contributed by atoms with Gasteiger partial charge in [-0.1, -0.05) is 11.6 Å². The molecule has 0 bridgehead atoms. The molecule has 3 amide bonds. The zero-order chi connectivity index (χ0) is 28.3. The number of halogens is 6. The van der Waals surface area contributed by atoms with Crippen molar-refractivity contribution in [3.63, 3.8) is 0 Å². The number of benzene rings is 3. The maximum absolute atomic E-state index is 14.3. The molecule has 2 aliphatic heterocycles. The van der Waals surface area contributed by atoms with Gasteiger partial charge in [0.2, 0.25) is 0 Å². The van der Waals surface area contributed by atoms with Gasteiger partial charge in [-0.2, -0.15) is 18.3 Å². The zero-order valence-corrected chi connectivity index (χ0v) is 20.9. The molecule has 3 N–H and O–H groups in total. The van der Waals surface area contributed by atoms with Gasteiger partial charge in [0.05, 0.1) is 23.5 Å². The molecule has 40 heavy (non-hydrogen) atoms. The summed E-state index contributed by atoms with van der Waals surface area (Å²) in [6.45, 7) is 0.304. The summed E-state index contributed by atoms with van der Waals surface area (Å²) < 4.78 is 68.4. The van der Waals surface area contributed by atoms with E-state index in [-0.39, 0.29) is 16.3 Å². The number of nitrogens with one attached hydrogen (secondary N) is 3. The van der Waals surface area contributed by atoms with Gasteiger partial charge in [-0.25, -0.2) is 13.6 Å². The second kappa shape index (κ2) is 9.33. The molecule has 0 saturated carbocycles. The molecule has 1 atom stereocenters. The van der Waals surface area contributed by atoms with Crippen LogP contribution in [-0.2, 0) is 12.6 Å². The van der Waals surface area contributed by atoms with Gasteiger partial charge in [0.25, 0.3) is 5.91 Å². The fraction of sp³-hybridized carbons (Fsp3) is 0.148. The summed E-state index contributed by atoms with van der Waals surface area (Å²) in [6, 6.07) is 5.27. The van der Waals surface area contributed by atoms with Crippen LogP contribution in [0.25, 0.3) is 11.1 Å². The normalized spacial score (nSPS) is 16.1. The Hall–Kier alpha value is -4.45. The number of hydrogen-bond donors (Lipinski definition) is 3. The topological polar surface area (TPSA) is 90.1 Å². The van der Waals surface area contributed by atoms with Crippen LogP contribution in [0.1, 0.15) is 38.7 Å². The minimum atomic E-state index is -4.88. The first-order chi connectivity index (χ1) is 19.0. The van der Waals surface area contributed by atoms with Gasteiger partial charge in [0.1, 0.15) is 11.6 Å². The van der Waals surface area contributed by atoms with Gasteiger partial charge in [-0.15, -0.1) is 0 Å². The molecule has 0 saturated heterocycles. The minimum absolute atomic E-state index is 0.106. The molecule has 204 valence electrons. The number of urea groups is 1. The van der Waals surface area contributed by atoms with Crippen LogP contribution in [0.15, 0.2) is 54.9 Å². The fourth-order valence-electron chi connectivity index (χ4n) is 5.20. The Morgan fingerprint density at radius 3 is 2.62 bits per heavy atom. The average molecular weight is 574 g/mol. The molecule has 2 aliphatic rings. The number of amides is 3. The minimum Gasteiger partial charge on any atom is -0.327 e. The molecule has 0 aliphatic carbocycles. The molecule has 1 aromatic heterocycles. The van der Waals surface area contributed by atoms with E-state index in [0.717, 1.165) is 17.7 Å². The van der Waals surface area contributed by atoms with E-state index < -0.39 is 46.9 Å². The molecule has 0 fully saturated rings. The maximum atomic E-state index is 14.3. The molecular weight excluding hydrogens is 557 g/mol. The number of aromatic amines is 1. The molecule has 6 rings (SSSR count). The van der Waals surface area contributed by atoms with Gasteiger partial charge in [0.15, 0.2) is 0 Å². The lowest BCUT2D eigenvalue weighted by atomic mass is 9.88. The summed E-state index contributed by atoms with van der Waals surface area (Å²) in [6.07, 6.45) is -1.28. The summed E-state index contributed by atoms with van der Waals surface area (Å²) in [5.74, 6) is -2.88. The Morgan fingerprint density at radius 1 is 1.10 bits per heavy atom. The van der Waals surface area contributed by atoms with Gasteiger partial charge in [0, 0.05) is 45.7 Å². The van der Waals surface area contributed by atoms with Crippen molar-refractivity contribution in [3.8, 4) is 11.1 Å². The smallest absolute Gasteiger partial charge is 0.327 e. The first kappa shape index (κ1) is 25.8. The van der Waals surface area contributed by atoms with Crippen molar-refractivity contribution in [2.24, 2.45) is 0 Å². The summed E-state index contributed by atoms with van der Waals surface area (Å²) in [5, 5.41) is 12.2. The standard InChI is InChI=1S/C27H17ClF5N5O2/c28-20-2-1-15(29)8-19(20)23-22-21(36-25(39)12-5-14(27(31,32)33)7-16(30)6-12)9-18(13-10-34-35-11-13)17-3-4-38(24(17)22)26(40)37-23/h1-2,5-11,23H,3-4H2,(H,34,35)(H,36,39)(H,37,40). The predicted molar refractivity (Wildman–Crippen MR) is 136 cm³/mol. The van der Waals surface area contributed by atoms with Crippen molar-refractivity contribution < 1.29 is 31.5 Å². The summed E-state index contributed by atoms with van der Waals surface area (Å²) >= 11 is 6.40. The molecule has 0 radical (unpaired) electrons. The van der Waals surface area contributed by atoms with Crippen LogP contribution in [0.5, 0.6) is 0 Å². The van der Waals surface area contributed by atoms with Crippen LogP contribution in [-0.4, -0.2) is 28.7 Å². The van der Waals surface area contributed by atoms with Crippen LogP contribution in [0, 0.1) is 11.6 Å². The third-order valence-corrected chi connectivity index (χ3v) is 7.26. The summed E-state index contributed by atoms with van der Waals surface area (Å²) in [4.78, 5) is 27.9. The van der Waals surface area contributed by atoms with E-state index in [2.05, 4.69) is 20.8 Å². The molecular formula is C27H17ClF5N5O2. The Labute approximate surface area is 227 Å². The summed E-state index contributed by atoms with van der Waals surface area (Å²) in [7, 11) is 0. The number of carbonyl (C=O) groups excluding carboxylic acids is 2. The van der Waals surface area contributed by atoms with Crippen molar-refractivity contribution in [2.75, 3.05) is 16.8 Å². The number of anilines is 2. The van der Waals surface area contributed by atoms with E-state index in [0.29, 0.717) is 53.5 Å². The number of alkyl halides is 3. The van der Waals surface area contributed by atoms with Crippen molar-refractivity contribution in [1.82, 2.24) is 15.5 Å². The second-order valence-electron chi connectivity index (χ2n) is 9.33. The highest BCUT2D eigenvalue weighted by Gasteiger charge is 2.41. The van der Waals surface area contributed by atoms with E-state index in [1.165, 1.54) is 11.0 Å². The van der Waals surface area contributed by atoms with Crippen molar-refractivity contribution in [2.45, 2.75) is 18.6 Å². The highest BCUT2D eigenvalue weighted by atomic mass is 35.5. The number of rotatable bonds is 4. The third kappa shape index (κ3) is 4.34. The monoisotopic (exact) mass is 573 g/mol. The number of aromatic nitrogens is 2. The van der Waals surface area contributed by atoms with Gasteiger partial charge < -0.3 is 10.6 Å². The quantitative estimate of drug-likeness (QED) is 0.245. The SMILES string of the molecule is O=C(Nc1cc(-c2cn[nH]c2)c2c3c1C(c1cc(F)ccc1Cl)NC(=O)N3CC2)c1cc(F)cc(C(F)(F)F)c1. The summed E-state index contributed by atoms with van der Waals surface area (Å²) in [5.41, 5.74) is 1.23. The highest BCUT2D eigenvalue weighted by molar-refractivity contribution is 6.31. The van der Waals surface area contributed by atoms with E-state index in [1.54, 1.807) is 18.5 Å². The number of carbonyl (C=O) groups is 2. The first-order valence-corrected chi connectivity index (χ1v) is 12.3. The van der Waals surface area contributed by atoms with Crippen molar-refractivity contribution in [1.29, 1.82) is 0 Å². The van der Waals surface area contributed by atoms with Crippen LogP contribution >= 0.6 is 11.6 Å². The largest absolute Gasteiger partial charge is 0.416 e. The Kier molecular flexibility index (Phi) is 6.02. The lowest BCUT2D eigenvalue weighted by Crippen LogP contribution is -2.46. The van der Waals surface area contributed by atoms with E-state index >= 15 is 0 Å². The molecule has 3 heterocycles. The fourth-order valence-corrected chi connectivity index (χ4v) is 5.43. The van der Waals surface area contributed by atoms with Gasteiger partial charge in [-0.3, -0.25) is 14.8 Å².